The molecule has 1 aromatic heterocycles. The second-order valence-corrected chi connectivity index (χ2v) is 5.08. The van der Waals surface area contributed by atoms with E-state index in [1.165, 1.54) is 0 Å². The summed E-state index contributed by atoms with van der Waals surface area (Å²) in [5.41, 5.74) is 7.41. The van der Waals surface area contributed by atoms with Crippen molar-refractivity contribution < 1.29 is 4.79 Å². The highest BCUT2D eigenvalue weighted by molar-refractivity contribution is 5.81. The zero-order valence-corrected chi connectivity index (χ0v) is 11.2. The minimum Gasteiger partial charge on any atom is -0.399 e. The maximum Gasteiger partial charge on any atom is 0.243 e. The van der Waals surface area contributed by atoms with Crippen molar-refractivity contribution in [2.24, 2.45) is 0 Å². The van der Waals surface area contributed by atoms with Gasteiger partial charge >= 0.3 is 0 Å². The number of nitrogens with zero attached hydrogens (tertiary/aromatic N) is 2. The fourth-order valence-electron chi connectivity index (χ4n) is 2.61. The molecule has 1 saturated heterocycles. The van der Waals surface area contributed by atoms with Gasteiger partial charge in [0.2, 0.25) is 5.91 Å². The van der Waals surface area contributed by atoms with Crippen LogP contribution >= 0.6 is 0 Å². The monoisotopic (exact) mass is 270 g/mol. The van der Waals surface area contributed by atoms with E-state index in [0.717, 1.165) is 42.9 Å². The maximum atomic E-state index is 12.2. The zero-order chi connectivity index (χ0) is 13.9. The van der Waals surface area contributed by atoms with Crippen molar-refractivity contribution in [2.75, 3.05) is 12.3 Å². The summed E-state index contributed by atoms with van der Waals surface area (Å²) in [6, 6.07) is 7.39. The Labute approximate surface area is 117 Å². The lowest BCUT2D eigenvalue weighted by Crippen LogP contribution is -2.30. The summed E-state index contributed by atoms with van der Waals surface area (Å²) in [7, 11) is 0. The predicted molar refractivity (Wildman–Crippen MR) is 78.0 cm³/mol. The van der Waals surface area contributed by atoms with Gasteiger partial charge in [-0.3, -0.25) is 4.79 Å². The molecule has 0 radical (unpaired) electrons. The molecule has 1 aliphatic heterocycles. The number of rotatable bonds is 2. The molecule has 2 heterocycles. The minimum atomic E-state index is -0.174. The van der Waals surface area contributed by atoms with Crippen LogP contribution in [0.5, 0.6) is 0 Å². The van der Waals surface area contributed by atoms with E-state index in [0.29, 0.717) is 0 Å². The van der Waals surface area contributed by atoms with Crippen LogP contribution in [-0.2, 0) is 4.79 Å². The first-order valence-electron chi connectivity index (χ1n) is 6.92. The summed E-state index contributed by atoms with van der Waals surface area (Å²) in [6.07, 6.45) is 6.55. The molecule has 0 aliphatic carbocycles. The molecule has 1 fully saturated rings. The Morgan fingerprint density at radius 3 is 2.85 bits per heavy atom. The van der Waals surface area contributed by atoms with Gasteiger partial charge in [0.1, 0.15) is 11.9 Å². The van der Waals surface area contributed by atoms with Gasteiger partial charge in [-0.25, -0.2) is 4.98 Å². The van der Waals surface area contributed by atoms with Crippen LogP contribution in [0.3, 0.4) is 0 Å². The lowest BCUT2D eigenvalue weighted by molar-refractivity contribution is -0.124. The molecule has 0 bridgehead atoms. The van der Waals surface area contributed by atoms with Crippen LogP contribution in [0.2, 0.25) is 0 Å². The van der Waals surface area contributed by atoms with Gasteiger partial charge in [-0.1, -0.05) is 0 Å². The van der Waals surface area contributed by atoms with Crippen LogP contribution in [0, 0.1) is 0 Å². The number of amides is 1. The van der Waals surface area contributed by atoms with Crippen molar-refractivity contribution in [3.8, 4) is 11.4 Å². The quantitative estimate of drug-likeness (QED) is 0.819. The molecule has 1 aliphatic rings. The van der Waals surface area contributed by atoms with Crippen molar-refractivity contribution >= 4 is 11.6 Å². The lowest BCUT2D eigenvalue weighted by Gasteiger charge is -2.17. The van der Waals surface area contributed by atoms with Crippen molar-refractivity contribution in [2.45, 2.75) is 25.3 Å². The van der Waals surface area contributed by atoms with Gasteiger partial charge in [0.25, 0.3) is 0 Å². The molecule has 0 saturated carbocycles. The Hall–Kier alpha value is -2.30. The van der Waals surface area contributed by atoms with Gasteiger partial charge in [-0.05, 0) is 43.5 Å². The summed E-state index contributed by atoms with van der Waals surface area (Å²) < 4.78 is 1.96. The Morgan fingerprint density at radius 1 is 1.25 bits per heavy atom. The summed E-state index contributed by atoms with van der Waals surface area (Å²) in [4.78, 5) is 16.6. The van der Waals surface area contributed by atoms with E-state index in [1.807, 2.05) is 35.0 Å². The molecular formula is C15H18N4O. The number of aromatic nitrogens is 2. The normalized spacial score (nSPS) is 19.4. The first kappa shape index (κ1) is 12.7. The predicted octanol–water partition coefficient (Wildman–Crippen LogP) is 1.97. The lowest BCUT2D eigenvalue weighted by atomic mass is 10.1. The number of benzene rings is 1. The molecular weight excluding hydrogens is 252 g/mol. The minimum absolute atomic E-state index is 0.0807. The third-order valence-corrected chi connectivity index (χ3v) is 3.68. The summed E-state index contributed by atoms with van der Waals surface area (Å²) in [5.74, 6) is 0.893. The maximum absolute atomic E-state index is 12.2. The average molecular weight is 270 g/mol. The van der Waals surface area contributed by atoms with Gasteiger partial charge in [0, 0.05) is 30.2 Å². The van der Waals surface area contributed by atoms with E-state index < -0.39 is 0 Å². The van der Waals surface area contributed by atoms with Crippen LogP contribution in [-0.4, -0.2) is 22.0 Å². The fourth-order valence-corrected chi connectivity index (χ4v) is 2.61. The van der Waals surface area contributed by atoms with Crippen LogP contribution in [0.25, 0.3) is 11.4 Å². The Bertz CT molecular complexity index is 603. The second-order valence-electron chi connectivity index (χ2n) is 5.08. The van der Waals surface area contributed by atoms with E-state index in [-0.39, 0.29) is 11.9 Å². The summed E-state index contributed by atoms with van der Waals surface area (Å²) in [5, 5.41) is 2.96. The molecule has 5 heteroatoms. The molecule has 20 heavy (non-hydrogen) atoms. The van der Waals surface area contributed by atoms with Gasteiger partial charge in [-0.15, -0.1) is 0 Å². The Kier molecular flexibility index (Phi) is 3.41. The number of anilines is 1. The standard InChI is InChI=1S/C15H18N4O/c16-12-6-4-11(5-7-12)14-17-9-10-19(14)13-3-1-2-8-18-15(13)20/h4-7,9-10,13H,1-3,8,16H2,(H,18,20). The number of nitrogen functional groups attached to an aromatic ring is 1. The molecule has 3 rings (SSSR count). The number of hydrogen-bond donors (Lipinski definition) is 2. The number of nitrogens with one attached hydrogen (secondary N) is 1. The third-order valence-electron chi connectivity index (χ3n) is 3.68. The second kappa shape index (κ2) is 5.36. The molecule has 1 aromatic carbocycles. The largest absolute Gasteiger partial charge is 0.399 e. The SMILES string of the molecule is Nc1ccc(-c2nccn2C2CCCCNC2=O)cc1. The van der Waals surface area contributed by atoms with Gasteiger partial charge in [-0.2, -0.15) is 0 Å². The van der Waals surface area contributed by atoms with E-state index in [1.54, 1.807) is 6.20 Å². The van der Waals surface area contributed by atoms with Crippen LogP contribution < -0.4 is 11.1 Å². The first-order valence-corrected chi connectivity index (χ1v) is 6.92. The van der Waals surface area contributed by atoms with Gasteiger partial charge in [0.05, 0.1) is 0 Å². The summed E-state index contributed by atoms with van der Waals surface area (Å²) in [6.45, 7) is 0.765. The molecule has 104 valence electrons. The third kappa shape index (κ3) is 2.39. The highest BCUT2D eigenvalue weighted by Gasteiger charge is 2.24. The van der Waals surface area contributed by atoms with Crippen LogP contribution in [0.1, 0.15) is 25.3 Å². The highest BCUT2D eigenvalue weighted by atomic mass is 16.2. The zero-order valence-electron chi connectivity index (χ0n) is 11.2. The molecule has 5 nitrogen and oxygen atoms in total. The summed E-state index contributed by atoms with van der Waals surface area (Å²) >= 11 is 0. The van der Waals surface area contributed by atoms with E-state index in [4.69, 9.17) is 5.73 Å². The van der Waals surface area contributed by atoms with Crippen molar-refractivity contribution in [1.29, 1.82) is 0 Å². The van der Waals surface area contributed by atoms with Crippen molar-refractivity contribution in [3.05, 3.63) is 36.7 Å². The topological polar surface area (TPSA) is 72.9 Å². The Balaban J connectivity index is 1.96. The van der Waals surface area contributed by atoms with Crippen molar-refractivity contribution in [1.82, 2.24) is 14.9 Å². The average Bonchev–Trinajstić information content (AvgIpc) is 2.83. The molecule has 2 aromatic rings. The number of nitrogens with two attached hydrogens (primary N) is 1. The Morgan fingerprint density at radius 2 is 2.05 bits per heavy atom. The highest BCUT2D eigenvalue weighted by Crippen LogP contribution is 2.26. The first-order chi connectivity index (χ1) is 9.75. The molecule has 0 spiro atoms. The van der Waals surface area contributed by atoms with Crippen molar-refractivity contribution in [3.63, 3.8) is 0 Å². The van der Waals surface area contributed by atoms with Crippen LogP contribution in [0.4, 0.5) is 5.69 Å². The number of carbonyl (C=O) groups is 1. The number of carbonyl (C=O) groups excluding carboxylic acids is 1. The van der Waals surface area contributed by atoms with E-state index in [9.17, 15) is 4.79 Å². The molecule has 1 atom stereocenters. The molecule has 3 N–H and O–H groups in total. The molecule has 1 amide bonds. The molecule has 1 unspecified atom stereocenters. The number of hydrogen-bond acceptors (Lipinski definition) is 3. The smallest absolute Gasteiger partial charge is 0.243 e. The fraction of sp³-hybridized carbons (Fsp3) is 0.333. The van der Waals surface area contributed by atoms with E-state index >= 15 is 0 Å². The number of imidazole rings is 1. The van der Waals surface area contributed by atoms with E-state index in [2.05, 4.69) is 10.3 Å². The van der Waals surface area contributed by atoms with Gasteiger partial charge < -0.3 is 15.6 Å². The van der Waals surface area contributed by atoms with Crippen LogP contribution in [0.15, 0.2) is 36.7 Å². The van der Waals surface area contributed by atoms with Gasteiger partial charge in [0.15, 0.2) is 0 Å².